The number of hydrogen-bond acceptors (Lipinski definition) is 3. The molecule has 0 aliphatic carbocycles. The molecular formula is C12H7Cl2FN2O2. The highest BCUT2D eigenvalue weighted by Crippen LogP contribution is 2.29. The van der Waals surface area contributed by atoms with Gasteiger partial charge >= 0.3 is 5.97 Å². The van der Waals surface area contributed by atoms with Crippen LogP contribution < -0.4 is 5.32 Å². The monoisotopic (exact) mass is 300 g/mol. The van der Waals surface area contributed by atoms with E-state index in [0.29, 0.717) is 5.69 Å². The first kappa shape index (κ1) is 13.6. The van der Waals surface area contributed by atoms with Crippen LogP contribution in [0.2, 0.25) is 10.0 Å². The van der Waals surface area contributed by atoms with E-state index in [4.69, 9.17) is 28.3 Å². The third kappa shape index (κ3) is 2.94. The van der Waals surface area contributed by atoms with Crippen LogP contribution in [0.5, 0.6) is 0 Å². The Morgan fingerprint density at radius 3 is 2.53 bits per heavy atom. The molecule has 0 atom stereocenters. The maximum atomic E-state index is 13.3. The van der Waals surface area contributed by atoms with Crippen molar-refractivity contribution in [3.63, 3.8) is 0 Å². The predicted molar refractivity (Wildman–Crippen MR) is 70.9 cm³/mol. The largest absolute Gasteiger partial charge is 0.478 e. The average Bonchev–Trinajstić information content (AvgIpc) is 2.36. The Hall–Kier alpha value is -1.85. The molecule has 4 nitrogen and oxygen atoms in total. The number of carbonyl (C=O) groups is 1. The first-order chi connectivity index (χ1) is 8.99. The summed E-state index contributed by atoms with van der Waals surface area (Å²) in [6, 6.07) is 5.48. The van der Waals surface area contributed by atoms with Gasteiger partial charge in [-0.3, -0.25) is 0 Å². The molecule has 0 saturated carbocycles. The number of rotatable bonds is 3. The fraction of sp³-hybridized carbons (Fsp3) is 0. The van der Waals surface area contributed by atoms with Crippen LogP contribution in [0.3, 0.4) is 0 Å². The second-order valence-corrected chi connectivity index (χ2v) is 4.40. The van der Waals surface area contributed by atoms with E-state index in [1.807, 2.05) is 0 Å². The minimum atomic E-state index is -1.13. The smallest absolute Gasteiger partial charge is 0.339 e. The second-order valence-electron chi connectivity index (χ2n) is 3.58. The van der Waals surface area contributed by atoms with Crippen molar-refractivity contribution >= 4 is 40.7 Å². The molecule has 0 aliphatic rings. The molecule has 0 spiro atoms. The van der Waals surface area contributed by atoms with Crippen LogP contribution in [0.1, 0.15) is 10.4 Å². The Balaban J connectivity index is 2.39. The summed E-state index contributed by atoms with van der Waals surface area (Å²) in [5.41, 5.74) is 0.330. The minimum absolute atomic E-state index is 0.0148. The molecule has 0 aliphatic heterocycles. The highest BCUT2D eigenvalue weighted by atomic mass is 35.5. The number of aromatic nitrogens is 1. The molecule has 1 aromatic heterocycles. The summed E-state index contributed by atoms with van der Waals surface area (Å²) in [6.45, 7) is 0. The Morgan fingerprint density at radius 2 is 1.95 bits per heavy atom. The Labute approximate surface area is 117 Å². The maximum Gasteiger partial charge on any atom is 0.339 e. The van der Waals surface area contributed by atoms with Gasteiger partial charge in [0.25, 0.3) is 0 Å². The van der Waals surface area contributed by atoms with E-state index >= 15 is 0 Å². The number of carboxylic acids is 1. The van der Waals surface area contributed by atoms with E-state index in [9.17, 15) is 9.18 Å². The summed E-state index contributed by atoms with van der Waals surface area (Å²) in [4.78, 5) is 14.9. The van der Waals surface area contributed by atoms with Gasteiger partial charge in [-0.2, -0.15) is 0 Å². The fourth-order valence-corrected chi connectivity index (χ4v) is 1.93. The average molecular weight is 301 g/mol. The molecule has 1 heterocycles. The van der Waals surface area contributed by atoms with Gasteiger partial charge < -0.3 is 10.4 Å². The zero-order valence-electron chi connectivity index (χ0n) is 9.32. The van der Waals surface area contributed by atoms with E-state index in [-0.39, 0.29) is 21.4 Å². The van der Waals surface area contributed by atoms with Crippen molar-refractivity contribution in [2.45, 2.75) is 0 Å². The summed E-state index contributed by atoms with van der Waals surface area (Å²) >= 11 is 11.3. The van der Waals surface area contributed by atoms with Gasteiger partial charge in [0, 0.05) is 11.9 Å². The molecule has 98 valence electrons. The topological polar surface area (TPSA) is 62.2 Å². The maximum absolute atomic E-state index is 13.3. The van der Waals surface area contributed by atoms with E-state index < -0.39 is 11.8 Å². The molecule has 2 N–H and O–H groups in total. The molecule has 1 aromatic carbocycles. The van der Waals surface area contributed by atoms with Gasteiger partial charge in [0.2, 0.25) is 0 Å². The third-order valence-electron chi connectivity index (χ3n) is 2.28. The number of carboxylic acid groups (broad SMARTS) is 1. The van der Waals surface area contributed by atoms with Crippen LogP contribution in [-0.2, 0) is 0 Å². The van der Waals surface area contributed by atoms with Gasteiger partial charge in [0.05, 0.1) is 10.0 Å². The number of nitrogens with one attached hydrogen (secondary N) is 1. The molecule has 19 heavy (non-hydrogen) atoms. The highest BCUT2D eigenvalue weighted by Gasteiger charge is 2.13. The van der Waals surface area contributed by atoms with E-state index in [1.165, 1.54) is 30.5 Å². The van der Waals surface area contributed by atoms with E-state index in [1.54, 1.807) is 0 Å². The van der Waals surface area contributed by atoms with E-state index in [0.717, 1.165) is 0 Å². The molecular weight excluding hydrogens is 294 g/mol. The number of benzene rings is 1. The molecule has 2 rings (SSSR count). The zero-order chi connectivity index (χ0) is 14.0. The number of pyridine rings is 1. The Kier molecular flexibility index (Phi) is 3.87. The predicted octanol–water partition coefficient (Wildman–Crippen LogP) is 3.97. The van der Waals surface area contributed by atoms with Crippen LogP contribution >= 0.6 is 23.2 Å². The number of aromatic carboxylic acids is 1. The Morgan fingerprint density at radius 1 is 1.32 bits per heavy atom. The van der Waals surface area contributed by atoms with Gasteiger partial charge in [-0.25, -0.2) is 14.2 Å². The van der Waals surface area contributed by atoms with Crippen molar-refractivity contribution in [3.8, 4) is 0 Å². The van der Waals surface area contributed by atoms with Crippen LogP contribution in [0.4, 0.5) is 15.9 Å². The second kappa shape index (κ2) is 5.42. The van der Waals surface area contributed by atoms with Crippen molar-refractivity contribution in [3.05, 3.63) is 51.9 Å². The SMILES string of the molecule is O=C(O)c1cccnc1Nc1cc(Cl)c(F)c(Cl)c1. The lowest BCUT2D eigenvalue weighted by molar-refractivity contribution is 0.0697. The minimum Gasteiger partial charge on any atom is -0.478 e. The first-order valence-corrected chi connectivity index (χ1v) is 5.84. The molecule has 0 bridgehead atoms. The van der Waals surface area contributed by atoms with Crippen LogP contribution in [-0.4, -0.2) is 16.1 Å². The van der Waals surface area contributed by atoms with Gasteiger partial charge in [0.15, 0.2) is 5.82 Å². The molecule has 0 fully saturated rings. The lowest BCUT2D eigenvalue weighted by atomic mass is 10.2. The molecule has 0 unspecified atom stereocenters. The number of nitrogens with zero attached hydrogens (tertiary/aromatic N) is 1. The van der Waals surface area contributed by atoms with Crippen LogP contribution in [0.25, 0.3) is 0 Å². The molecule has 0 radical (unpaired) electrons. The highest BCUT2D eigenvalue weighted by molar-refractivity contribution is 6.35. The number of anilines is 2. The zero-order valence-corrected chi connectivity index (χ0v) is 10.8. The molecule has 2 aromatic rings. The normalized spacial score (nSPS) is 10.3. The lowest BCUT2D eigenvalue weighted by Gasteiger charge is -2.09. The summed E-state index contributed by atoms with van der Waals surface area (Å²) in [6.07, 6.45) is 1.43. The lowest BCUT2D eigenvalue weighted by Crippen LogP contribution is -2.04. The van der Waals surface area contributed by atoms with Crippen molar-refractivity contribution in [1.82, 2.24) is 4.98 Å². The first-order valence-electron chi connectivity index (χ1n) is 5.09. The quantitative estimate of drug-likeness (QED) is 0.842. The van der Waals surface area contributed by atoms with Gasteiger partial charge in [-0.05, 0) is 24.3 Å². The van der Waals surface area contributed by atoms with E-state index in [2.05, 4.69) is 10.3 Å². The van der Waals surface area contributed by atoms with Gasteiger partial charge in [-0.1, -0.05) is 23.2 Å². The number of hydrogen-bond donors (Lipinski definition) is 2. The summed E-state index contributed by atoms with van der Waals surface area (Å²) in [7, 11) is 0. The standard InChI is InChI=1S/C12H7Cl2FN2O2/c13-8-4-6(5-9(14)10(8)15)17-11-7(12(18)19)2-1-3-16-11/h1-5H,(H,16,17)(H,18,19). The van der Waals surface area contributed by atoms with Crippen molar-refractivity contribution in [2.24, 2.45) is 0 Å². The summed E-state index contributed by atoms with van der Waals surface area (Å²) in [5.74, 6) is -1.74. The Bertz CT molecular complexity index is 626. The van der Waals surface area contributed by atoms with Crippen molar-refractivity contribution < 1.29 is 14.3 Å². The van der Waals surface area contributed by atoms with Crippen LogP contribution in [0, 0.1) is 5.82 Å². The van der Waals surface area contributed by atoms with Gasteiger partial charge in [-0.15, -0.1) is 0 Å². The summed E-state index contributed by atoms with van der Waals surface area (Å²) < 4.78 is 13.3. The summed E-state index contributed by atoms with van der Waals surface area (Å²) in [5, 5.41) is 11.4. The molecule has 0 amide bonds. The van der Waals surface area contributed by atoms with Crippen molar-refractivity contribution in [2.75, 3.05) is 5.32 Å². The third-order valence-corrected chi connectivity index (χ3v) is 2.83. The molecule has 7 heteroatoms. The fourth-order valence-electron chi connectivity index (χ4n) is 1.44. The number of halogens is 3. The van der Waals surface area contributed by atoms with Gasteiger partial charge in [0.1, 0.15) is 11.4 Å². The van der Waals surface area contributed by atoms with Crippen molar-refractivity contribution in [1.29, 1.82) is 0 Å². The molecule has 0 saturated heterocycles. The van der Waals surface area contributed by atoms with Crippen LogP contribution in [0.15, 0.2) is 30.5 Å².